The zero-order valence-corrected chi connectivity index (χ0v) is 15.5. The largest absolute Gasteiger partial charge is 0.449 e. The van der Waals surface area contributed by atoms with E-state index < -0.39 is 0 Å². The first-order chi connectivity index (χ1) is 12.8. The van der Waals surface area contributed by atoms with E-state index in [1.807, 2.05) is 0 Å². The first kappa shape index (κ1) is 21.0. The molecule has 0 bridgehead atoms. The molecule has 0 spiro atoms. The van der Waals surface area contributed by atoms with Crippen LogP contribution in [0, 0.1) is 29.6 Å². The van der Waals surface area contributed by atoms with Crippen molar-refractivity contribution in [2.24, 2.45) is 23.5 Å². The number of hydrogen-bond donors (Lipinski definition) is 2. The van der Waals surface area contributed by atoms with E-state index in [0.29, 0.717) is 77.1 Å². The van der Waals surface area contributed by atoms with Crippen LogP contribution in [0.5, 0.6) is 0 Å². The van der Waals surface area contributed by atoms with Gasteiger partial charge in [0.15, 0.2) is 0 Å². The van der Waals surface area contributed by atoms with Crippen LogP contribution in [0.15, 0.2) is 0 Å². The standard InChI is InChI=1S/C19H32N2O5/c20-7-9-23-11-13-25-14-12-24-10-8-21-19(22)26-15-18-16-5-3-1-2-4-6-17(16)18/h16-18H,3-15,20H2,(H,21,22)/t16-,17-/m1/s1. The topological polar surface area (TPSA) is 92.0 Å². The van der Waals surface area contributed by atoms with Crippen molar-refractivity contribution in [3.63, 3.8) is 0 Å². The predicted molar refractivity (Wildman–Crippen MR) is 97.6 cm³/mol. The van der Waals surface area contributed by atoms with Gasteiger partial charge in [0.1, 0.15) is 0 Å². The molecule has 1 amide bonds. The molecule has 2 atom stereocenters. The van der Waals surface area contributed by atoms with E-state index in [1.54, 1.807) is 0 Å². The number of hydrogen-bond acceptors (Lipinski definition) is 6. The number of ether oxygens (including phenoxy) is 4. The number of fused-ring (bicyclic) bond motifs is 1. The van der Waals surface area contributed by atoms with Gasteiger partial charge in [-0.1, -0.05) is 0 Å². The smallest absolute Gasteiger partial charge is 0.407 e. The highest BCUT2D eigenvalue weighted by molar-refractivity contribution is 5.67. The molecule has 0 aliphatic heterocycles. The van der Waals surface area contributed by atoms with Crippen LogP contribution in [0.4, 0.5) is 4.79 Å². The molecule has 1 saturated carbocycles. The van der Waals surface area contributed by atoms with Crippen LogP contribution >= 0.6 is 0 Å². The average Bonchev–Trinajstić information content (AvgIpc) is 3.27. The molecule has 2 aliphatic rings. The summed E-state index contributed by atoms with van der Waals surface area (Å²) in [5.74, 6) is 8.29. The zero-order valence-electron chi connectivity index (χ0n) is 15.5. The summed E-state index contributed by atoms with van der Waals surface area (Å²) >= 11 is 0. The molecular formula is C19H32N2O5. The van der Waals surface area contributed by atoms with Crippen LogP contribution in [0.2, 0.25) is 0 Å². The van der Waals surface area contributed by atoms with E-state index in [0.717, 1.165) is 25.7 Å². The Kier molecular flexibility index (Phi) is 10.4. The van der Waals surface area contributed by atoms with Crippen molar-refractivity contribution in [3.05, 3.63) is 0 Å². The van der Waals surface area contributed by atoms with Crippen LogP contribution < -0.4 is 11.1 Å². The summed E-state index contributed by atoms with van der Waals surface area (Å²) < 4.78 is 21.2. The number of nitrogens with one attached hydrogen (secondary N) is 1. The number of carbonyl (C=O) groups is 1. The lowest BCUT2D eigenvalue weighted by molar-refractivity contribution is 0.0165. The Morgan fingerprint density at radius 2 is 1.50 bits per heavy atom. The van der Waals surface area contributed by atoms with Crippen molar-refractivity contribution in [3.8, 4) is 11.8 Å². The average molecular weight is 368 g/mol. The monoisotopic (exact) mass is 368 g/mol. The molecule has 2 aliphatic carbocycles. The van der Waals surface area contributed by atoms with Gasteiger partial charge in [0, 0.05) is 25.9 Å². The van der Waals surface area contributed by atoms with Gasteiger partial charge in [-0.2, -0.15) is 0 Å². The Labute approximate surface area is 156 Å². The third-order valence-electron chi connectivity index (χ3n) is 4.77. The molecule has 148 valence electrons. The third kappa shape index (κ3) is 8.37. The van der Waals surface area contributed by atoms with Crippen LogP contribution in [-0.4, -0.2) is 65.4 Å². The summed E-state index contributed by atoms with van der Waals surface area (Å²) in [4.78, 5) is 11.7. The first-order valence-electron chi connectivity index (χ1n) is 9.62. The van der Waals surface area contributed by atoms with Crippen LogP contribution in [0.25, 0.3) is 0 Å². The third-order valence-corrected chi connectivity index (χ3v) is 4.77. The summed E-state index contributed by atoms with van der Waals surface area (Å²) in [6.07, 6.45) is 3.87. The molecule has 0 aromatic carbocycles. The summed E-state index contributed by atoms with van der Waals surface area (Å²) in [5, 5.41) is 2.71. The quantitative estimate of drug-likeness (QED) is 0.374. The van der Waals surface area contributed by atoms with Gasteiger partial charge in [-0.3, -0.25) is 0 Å². The lowest BCUT2D eigenvalue weighted by atomic mass is 10.1. The fourth-order valence-electron chi connectivity index (χ4n) is 3.36. The predicted octanol–water partition coefficient (Wildman–Crippen LogP) is 1.16. The van der Waals surface area contributed by atoms with E-state index in [-0.39, 0.29) is 6.09 Å². The molecule has 3 N–H and O–H groups in total. The summed E-state index contributed by atoms with van der Waals surface area (Å²) in [5.41, 5.74) is 5.30. The van der Waals surface area contributed by atoms with Crippen molar-refractivity contribution in [2.45, 2.75) is 25.7 Å². The number of carbonyl (C=O) groups excluding carboxylic acids is 1. The van der Waals surface area contributed by atoms with Gasteiger partial charge in [-0.25, -0.2) is 4.79 Å². The van der Waals surface area contributed by atoms with Gasteiger partial charge >= 0.3 is 6.09 Å². The normalized spacial score (nSPS) is 23.8. The van der Waals surface area contributed by atoms with Crippen molar-refractivity contribution in [2.75, 3.05) is 59.3 Å². The van der Waals surface area contributed by atoms with Gasteiger partial charge < -0.3 is 30.0 Å². The lowest BCUT2D eigenvalue weighted by Crippen LogP contribution is -2.29. The Balaban J connectivity index is 1.36. The highest BCUT2D eigenvalue weighted by Gasteiger charge is 2.49. The fourth-order valence-corrected chi connectivity index (χ4v) is 3.36. The highest BCUT2D eigenvalue weighted by Crippen LogP contribution is 2.52. The van der Waals surface area contributed by atoms with E-state index >= 15 is 0 Å². The Morgan fingerprint density at radius 3 is 2.12 bits per heavy atom. The lowest BCUT2D eigenvalue weighted by Gasteiger charge is -2.08. The maximum Gasteiger partial charge on any atom is 0.407 e. The van der Waals surface area contributed by atoms with Crippen molar-refractivity contribution >= 4 is 6.09 Å². The van der Waals surface area contributed by atoms with Crippen molar-refractivity contribution in [1.82, 2.24) is 5.32 Å². The second-order valence-corrected chi connectivity index (χ2v) is 6.57. The number of rotatable bonds is 13. The van der Waals surface area contributed by atoms with Crippen LogP contribution in [0.3, 0.4) is 0 Å². The maximum absolute atomic E-state index is 11.7. The maximum atomic E-state index is 11.7. The van der Waals surface area contributed by atoms with Crippen LogP contribution in [-0.2, 0) is 18.9 Å². The molecule has 0 unspecified atom stereocenters. The van der Waals surface area contributed by atoms with E-state index in [2.05, 4.69) is 17.2 Å². The molecule has 7 heteroatoms. The van der Waals surface area contributed by atoms with E-state index in [9.17, 15) is 4.79 Å². The van der Waals surface area contributed by atoms with Gasteiger partial charge in [0.05, 0.1) is 46.2 Å². The number of nitrogens with two attached hydrogens (primary N) is 1. The SMILES string of the molecule is NCCOCCOCCOCCNC(=O)OCC1[C@@H]2CCC#CCC[C@@H]12. The molecule has 26 heavy (non-hydrogen) atoms. The summed E-state index contributed by atoms with van der Waals surface area (Å²) in [6.45, 7) is 4.53. The van der Waals surface area contributed by atoms with Gasteiger partial charge in [-0.05, 0) is 30.6 Å². The molecule has 0 aromatic heterocycles. The molecule has 0 saturated heterocycles. The second kappa shape index (κ2) is 12.9. The van der Waals surface area contributed by atoms with Crippen molar-refractivity contribution < 1.29 is 23.7 Å². The molecule has 1 fully saturated rings. The molecule has 0 heterocycles. The Hall–Kier alpha value is -1.33. The van der Waals surface area contributed by atoms with Gasteiger partial charge in [-0.15, -0.1) is 11.8 Å². The summed E-state index contributed by atoms with van der Waals surface area (Å²) in [6, 6.07) is 0. The minimum atomic E-state index is -0.363. The summed E-state index contributed by atoms with van der Waals surface area (Å²) in [7, 11) is 0. The Morgan fingerprint density at radius 1 is 0.923 bits per heavy atom. The number of alkyl carbamates (subject to hydrolysis) is 1. The van der Waals surface area contributed by atoms with E-state index in [4.69, 9.17) is 24.7 Å². The van der Waals surface area contributed by atoms with Crippen LogP contribution in [0.1, 0.15) is 25.7 Å². The van der Waals surface area contributed by atoms with E-state index in [1.165, 1.54) is 0 Å². The minimum Gasteiger partial charge on any atom is -0.449 e. The van der Waals surface area contributed by atoms with Gasteiger partial charge in [0.25, 0.3) is 0 Å². The zero-order chi connectivity index (χ0) is 18.5. The highest BCUT2D eigenvalue weighted by atomic mass is 16.6. The molecule has 7 nitrogen and oxygen atoms in total. The number of amides is 1. The second-order valence-electron chi connectivity index (χ2n) is 6.57. The fraction of sp³-hybridized carbons (Fsp3) is 0.842. The molecular weight excluding hydrogens is 336 g/mol. The molecule has 0 aromatic rings. The van der Waals surface area contributed by atoms with Gasteiger partial charge in [0.2, 0.25) is 0 Å². The minimum absolute atomic E-state index is 0.363. The first-order valence-corrected chi connectivity index (χ1v) is 9.62. The molecule has 0 radical (unpaired) electrons. The molecule has 2 rings (SSSR count). The Bertz CT molecular complexity index is 445. The van der Waals surface area contributed by atoms with Crippen molar-refractivity contribution in [1.29, 1.82) is 0 Å².